The van der Waals surface area contributed by atoms with E-state index in [-0.39, 0.29) is 5.91 Å². The van der Waals surface area contributed by atoms with E-state index in [0.29, 0.717) is 23.2 Å². The molecule has 2 aliphatic rings. The molecule has 1 saturated carbocycles. The number of hydrazine groups is 1. The van der Waals surface area contributed by atoms with E-state index in [1.165, 1.54) is 19.3 Å². The number of rotatable bonds is 2. The van der Waals surface area contributed by atoms with E-state index >= 15 is 0 Å². The molecule has 1 aliphatic heterocycles. The van der Waals surface area contributed by atoms with Crippen LogP contribution in [0.15, 0.2) is 18.5 Å². The van der Waals surface area contributed by atoms with Gasteiger partial charge < -0.3 is 10.3 Å². The Kier molecular flexibility index (Phi) is 3.38. The van der Waals surface area contributed by atoms with Gasteiger partial charge in [0, 0.05) is 18.8 Å². The fourth-order valence-corrected chi connectivity index (χ4v) is 3.56. The Balaban J connectivity index is 1.86. The van der Waals surface area contributed by atoms with Crippen molar-refractivity contribution in [3.63, 3.8) is 0 Å². The summed E-state index contributed by atoms with van der Waals surface area (Å²) in [5, 5.41) is 0. The summed E-state index contributed by atoms with van der Waals surface area (Å²) in [6.07, 6.45) is 9.29. The van der Waals surface area contributed by atoms with E-state index in [1.807, 2.05) is 0 Å². The van der Waals surface area contributed by atoms with Crippen molar-refractivity contribution in [2.24, 2.45) is 11.8 Å². The number of hydrogen-bond acceptors (Lipinski definition) is 4. The third kappa shape index (κ3) is 2.18. The summed E-state index contributed by atoms with van der Waals surface area (Å²) in [7, 11) is 0. The minimum Gasteiger partial charge on any atom is -0.335 e. The van der Waals surface area contributed by atoms with Gasteiger partial charge in [-0.05, 0) is 37.7 Å². The molecule has 0 bridgehead atoms. The molecule has 3 N–H and O–H groups in total. The predicted molar refractivity (Wildman–Crippen MR) is 73.4 cm³/mol. The second-order valence-electron chi connectivity index (χ2n) is 5.46. The molecule has 5 heteroatoms. The van der Waals surface area contributed by atoms with E-state index in [9.17, 15) is 4.79 Å². The normalized spacial score (nSPS) is 26.1. The van der Waals surface area contributed by atoms with Crippen LogP contribution >= 0.6 is 0 Å². The topological polar surface area (TPSA) is 71.2 Å². The summed E-state index contributed by atoms with van der Waals surface area (Å²) in [6, 6.07) is 2.18. The number of nitrogen functional groups attached to an aromatic ring is 1. The maximum atomic E-state index is 12.7. The Hall–Kier alpha value is -1.62. The van der Waals surface area contributed by atoms with Crippen LogP contribution in [-0.2, 0) is 0 Å². The van der Waals surface area contributed by atoms with Crippen LogP contribution in [0.3, 0.4) is 0 Å². The van der Waals surface area contributed by atoms with E-state index < -0.39 is 0 Å². The van der Waals surface area contributed by atoms with E-state index in [0.717, 1.165) is 19.4 Å². The Morgan fingerprint density at radius 1 is 1.37 bits per heavy atom. The maximum Gasteiger partial charge on any atom is 0.256 e. The molecule has 0 radical (unpaired) electrons. The number of aromatic nitrogens is 1. The molecule has 0 aromatic carbocycles. The Bertz CT molecular complexity index is 476. The number of piperidine rings is 1. The lowest BCUT2D eigenvalue weighted by Gasteiger charge is -2.38. The SMILES string of the molecule is NNc1cnccc1C(=O)N1CCCC2CCCC21. The molecule has 1 amide bonds. The molecular weight excluding hydrogens is 240 g/mol. The standard InChI is InChI=1S/C14H20N4O/c15-17-12-9-16-7-6-11(12)14(19)18-8-2-4-10-3-1-5-13(10)18/h6-7,9-10,13,17H,1-5,8,15H2. The van der Waals surface area contributed by atoms with Crippen LogP contribution in [0.5, 0.6) is 0 Å². The molecule has 2 unspecified atom stereocenters. The van der Waals surface area contributed by atoms with E-state index in [1.54, 1.807) is 18.5 Å². The highest BCUT2D eigenvalue weighted by molar-refractivity contribution is 5.99. The molecule has 1 aromatic heterocycles. The molecule has 2 fully saturated rings. The van der Waals surface area contributed by atoms with Gasteiger partial charge >= 0.3 is 0 Å². The first-order chi connectivity index (χ1) is 9.31. The van der Waals surface area contributed by atoms with Gasteiger partial charge in [0.2, 0.25) is 0 Å². The quantitative estimate of drug-likeness (QED) is 0.628. The van der Waals surface area contributed by atoms with Gasteiger partial charge in [0.25, 0.3) is 5.91 Å². The van der Waals surface area contributed by atoms with Gasteiger partial charge in [-0.15, -0.1) is 0 Å². The first kappa shape index (κ1) is 12.4. The van der Waals surface area contributed by atoms with Gasteiger partial charge in [0.05, 0.1) is 17.4 Å². The number of carbonyl (C=O) groups excluding carboxylic acids is 1. The number of nitrogens with one attached hydrogen (secondary N) is 1. The third-order valence-corrected chi connectivity index (χ3v) is 4.46. The van der Waals surface area contributed by atoms with Gasteiger partial charge in [0.1, 0.15) is 0 Å². The van der Waals surface area contributed by atoms with Gasteiger partial charge in [-0.25, -0.2) is 0 Å². The van der Waals surface area contributed by atoms with Crippen molar-refractivity contribution < 1.29 is 4.79 Å². The lowest BCUT2D eigenvalue weighted by Crippen LogP contribution is -2.46. The number of pyridine rings is 1. The zero-order valence-electron chi connectivity index (χ0n) is 11.0. The summed E-state index contributed by atoms with van der Waals surface area (Å²) >= 11 is 0. The molecule has 5 nitrogen and oxygen atoms in total. The molecule has 0 spiro atoms. The van der Waals surface area contributed by atoms with E-state index in [2.05, 4.69) is 15.3 Å². The third-order valence-electron chi connectivity index (χ3n) is 4.46. The molecule has 19 heavy (non-hydrogen) atoms. The minimum atomic E-state index is 0.0898. The van der Waals surface area contributed by atoms with Gasteiger partial charge in [0.15, 0.2) is 0 Å². The van der Waals surface area contributed by atoms with Gasteiger partial charge in [-0.3, -0.25) is 15.6 Å². The Morgan fingerprint density at radius 2 is 2.21 bits per heavy atom. The first-order valence-corrected chi connectivity index (χ1v) is 7.03. The molecular formula is C14H20N4O. The molecule has 3 rings (SSSR count). The number of nitrogens with zero attached hydrogens (tertiary/aromatic N) is 2. The van der Waals surface area contributed by atoms with Crippen molar-refractivity contribution in [1.82, 2.24) is 9.88 Å². The molecule has 1 saturated heterocycles. The van der Waals surface area contributed by atoms with Crippen molar-refractivity contribution >= 4 is 11.6 Å². The van der Waals surface area contributed by atoms with Crippen LogP contribution in [0.25, 0.3) is 0 Å². The second-order valence-corrected chi connectivity index (χ2v) is 5.46. The zero-order chi connectivity index (χ0) is 13.2. The number of nitrogens with two attached hydrogens (primary N) is 1. The number of fused-ring (bicyclic) bond motifs is 1. The van der Waals surface area contributed by atoms with Crippen molar-refractivity contribution in [3.05, 3.63) is 24.0 Å². The Labute approximate surface area is 113 Å². The van der Waals surface area contributed by atoms with Crippen LogP contribution in [0, 0.1) is 5.92 Å². The lowest BCUT2D eigenvalue weighted by molar-refractivity contribution is 0.0549. The summed E-state index contributed by atoms with van der Waals surface area (Å²) in [6.45, 7) is 0.867. The molecule has 2 atom stereocenters. The average Bonchev–Trinajstić information content (AvgIpc) is 2.94. The van der Waals surface area contributed by atoms with Crippen molar-refractivity contribution in [2.45, 2.75) is 38.1 Å². The lowest BCUT2D eigenvalue weighted by atomic mass is 9.91. The largest absolute Gasteiger partial charge is 0.335 e. The van der Waals surface area contributed by atoms with Crippen molar-refractivity contribution in [3.8, 4) is 0 Å². The maximum absolute atomic E-state index is 12.7. The number of hydrogen-bond donors (Lipinski definition) is 2. The van der Waals surface area contributed by atoms with Gasteiger partial charge in [-0.2, -0.15) is 0 Å². The monoisotopic (exact) mass is 260 g/mol. The highest BCUT2D eigenvalue weighted by Gasteiger charge is 2.37. The van der Waals surface area contributed by atoms with Crippen LogP contribution in [-0.4, -0.2) is 28.4 Å². The zero-order valence-corrected chi connectivity index (χ0v) is 11.0. The minimum absolute atomic E-state index is 0.0898. The molecule has 102 valence electrons. The molecule has 1 aliphatic carbocycles. The van der Waals surface area contributed by atoms with E-state index in [4.69, 9.17) is 5.84 Å². The summed E-state index contributed by atoms with van der Waals surface area (Å²) in [5.41, 5.74) is 3.80. The summed E-state index contributed by atoms with van der Waals surface area (Å²) in [4.78, 5) is 18.8. The van der Waals surface area contributed by atoms with Crippen LogP contribution in [0.1, 0.15) is 42.5 Å². The number of likely N-dealkylation sites (tertiary alicyclic amines) is 1. The molecule has 1 aromatic rings. The fraction of sp³-hybridized carbons (Fsp3) is 0.571. The summed E-state index contributed by atoms with van der Waals surface area (Å²) in [5.74, 6) is 6.26. The van der Waals surface area contributed by atoms with Gasteiger partial charge in [-0.1, -0.05) is 6.42 Å². The number of carbonyl (C=O) groups is 1. The Morgan fingerprint density at radius 3 is 3.05 bits per heavy atom. The summed E-state index contributed by atoms with van der Waals surface area (Å²) < 4.78 is 0. The fourth-order valence-electron chi connectivity index (χ4n) is 3.56. The first-order valence-electron chi connectivity index (χ1n) is 7.03. The second kappa shape index (κ2) is 5.17. The number of anilines is 1. The van der Waals surface area contributed by atoms with Crippen LogP contribution < -0.4 is 11.3 Å². The predicted octanol–water partition coefficient (Wildman–Crippen LogP) is 1.77. The molecule has 2 heterocycles. The van der Waals surface area contributed by atoms with Crippen LogP contribution in [0.4, 0.5) is 5.69 Å². The number of amides is 1. The van der Waals surface area contributed by atoms with Crippen molar-refractivity contribution in [2.75, 3.05) is 12.0 Å². The van der Waals surface area contributed by atoms with Crippen LogP contribution in [0.2, 0.25) is 0 Å². The highest BCUT2D eigenvalue weighted by Crippen LogP contribution is 2.37. The highest BCUT2D eigenvalue weighted by atomic mass is 16.2. The van der Waals surface area contributed by atoms with Crippen molar-refractivity contribution in [1.29, 1.82) is 0 Å². The smallest absolute Gasteiger partial charge is 0.256 e. The average molecular weight is 260 g/mol.